The highest BCUT2D eigenvalue weighted by atomic mass is 16.2. The van der Waals surface area contributed by atoms with Crippen LogP contribution in [0.5, 0.6) is 0 Å². The number of aromatic nitrogens is 3. The Balaban J connectivity index is 1.64. The van der Waals surface area contributed by atoms with Crippen LogP contribution in [-0.4, -0.2) is 38.7 Å². The predicted molar refractivity (Wildman–Crippen MR) is 112 cm³/mol. The van der Waals surface area contributed by atoms with Gasteiger partial charge in [-0.25, -0.2) is 9.67 Å². The van der Waals surface area contributed by atoms with Crippen molar-refractivity contribution in [2.75, 3.05) is 0 Å². The SMILES string of the molecule is CC(C)C[C@@H](C#N)NC(=O)[C@@H]1CCCC[C@@H]1NC(=O)c1ccc(-n2cncn2)cc1. The van der Waals surface area contributed by atoms with Crippen molar-refractivity contribution in [3.05, 3.63) is 42.5 Å². The van der Waals surface area contributed by atoms with Gasteiger partial charge in [0, 0.05) is 11.6 Å². The van der Waals surface area contributed by atoms with Crippen molar-refractivity contribution in [2.24, 2.45) is 11.8 Å². The number of nitriles is 1. The maximum absolute atomic E-state index is 12.8. The molecule has 1 fully saturated rings. The Morgan fingerprint density at radius 2 is 1.97 bits per heavy atom. The molecule has 8 nitrogen and oxygen atoms in total. The minimum absolute atomic E-state index is 0.145. The van der Waals surface area contributed by atoms with Crippen LogP contribution in [0.15, 0.2) is 36.9 Å². The highest BCUT2D eigenvalue weighted by molar-refractivity contribution is 5.95. The fourth-order valence-corrected chi connectivity index (χ4v) is 3.87. The molecule has 0 aliphatic heterocycles. The van der Waals surface area contributed by atoms with Crippen LogP contribution in [0.4, 0.5) is 0 Å². The van der Waals surface area contributed by atoms with Gasteiger partial charge in [-0.2, -0.15) is 10.4 Å². The molecule has 3 rings (SSSR count). The Hall–Kier alpha value is -3.21. The number of rotatable bonds is 7. The number of hydrogen-bond donors (Lipinski definition) is 2. The summed E-state index contributed by atoms with van der Waals surface area (Å²) >= 11 is 0. The van der Waals surface area contributed by atoms with E-state index in [1.165, 1.54) is 6.33 Å². The summed E-state index contributed by atoms with van der Waals surface area (Å²) in [5.41, 5.74) is 1.34. The third kappa shape index (κ3) is 5.44. The zero-order valence-electron chi connectivity index (χ0n) is 17.4. The Labute approximate surface area is 176 Å². The van der Waals surface area contributed by atoms with Crippen molar-refractivity contribution in [1.29, 1.82) is 5.26 Å². The second kappa shape index (κ2) is 10.0. The number of nitrogens with zero attached hydrogens (tertiary/aromatic N) is 4. The van der Waals surface area contributed by atoms with Crippen LogP contribution >= 0.6 is 0 Å². The van der Waals surface area contributed by atoms with E-state index in [0.29, 0.717) is 24.3 Å². The van der Waals surface area contributed by atoms with Gasteiger partial charge in [0.2, 0.25) is 5.91 Å². The minimum atomic E-state index is -0.500. The van der Waals surface area contributed by atoms with Crippen molar-refractivity contribution in [3.63, 3.8) is 0 Å². The molecule has 3 atom stereocenters. The lowest BCUT2D eigenvalue weighted by Gasteiger charge is -2.32. The first-order valence-corrected chi connectivity index (χ1v) is 10.4. The topological polar surface area (TPSA) is 113 Å². The van der Waals surface area contributed by atoms with Gasteiger partial charge in [0.25, 0.3) is 5.91 Å². The van der Waals surface area contributed by atoms with Gasteiger partial charge in [-0.1, -0.05) is 26.7 Å². The van der Waals surface area contributed by atoms with E-state index >= 15 is 0 Å². The Kier molecular flexibility index (Phi) is 7.17. The van der Waals surface area contributed by atoms with Crippen molar-refractivity contribution in [2.45, 2.75) is 58.0 Å². The van der Waals surface area contributed by atoms with Crippen LogP contribution < -0.4 is 10.6 Å². The van der Waals surface area contributed by atoms with Crippen molar-refractivity contribution in [1.82, 2.24) is 25.4 Å². The van der Waals surface area contributed by atoms with Gasteiger partial charge in [0.1, 0.15) is 18.7 Å². The van der Waals surface area contributed by atoms with E-state index in [1.54, 1.807) is 35.3 Å². The van der Waals surface area contributed by atoms with Crippen LogP contribution in [0, 0.1) is 23.2 Å². The van der Waals surface area contributed by atoms with Gasteiger partial charge < -0.3 is 10.6 Å². The highest BCUT2D eigenvalue weighted by Crippen LogP contribution is 2.25. The summed E-state index contributed by atoms with van der Waals surface area (Å²) in [5, 5.41) is 19.3. The Bertz CT molecular complexity index is 885. The second-order valence-corrected chi connectivity index (χ2v) is 8.18. The molecule has 1 aromatic carbocycles. The molecule has 0 spiro atoms. The molecule has 1 heterocycles. The molecule has 1 aromatic heterocycles. The molecule has 0 bridgehead atoms. The third-order valence-corrected chi connectivity index (χ3v) is 5.41. The third-order valence-electron chi connectivity index (χ3n) is 5.41. The number of amides is 2. The zero-order valence-corrected chi connectivity index (χ0v) is 17.4. The number of carbonyl (C=O) groups excluding carboxylic acids is 2. The molecule has 2 amide bonds. The first-order valence-electron chi connectivity index (χ1n) is 10.4. The van der Waals surface area contributed by atoms with Crippen LogP contribution in [0.25, 0.3) is 5.69 Å². The Morgan fingerprint density at radius 1 is 1.23 bits per heavy atom. The van der Waals surface area contributed by atoms with E-state index < -0.39 is 6.04 Å². The number of nitrogens with one attached hydrogen (secondary N) is 2. The van der Waals surface area contributed by atoms with Crippen LogP contribution in [0.3, 0.4) is 0 Å². The van der Waals surface area contributed by atoms with Gasteiger partial charge in [0.05, 0.1) is 17.7 Å². The maximum Gasteiger partial charge on any atom is 0.251 e. The first-order chi connectivity index (χ1) is 14.5. The van der Waals surface area contributed by atoms with E-state index in [4.69, 9.17) is 0 Å². The van der Waals surface area contributed by atoms with Gasteiger partial charge in [-0.05, 0) is 49.4 Å². The van der Waals surface area contributed by atoms with Crippen LogP contribution in [0.1, 0.15) is 56.3 Å². The van der Waals surface area contributed by atoms with Gasteiger partial charge >= 0.3 is 0 Å². The second-order valence-electron chi connectivity index (χ2n) is 8.18. The molecular weight excluding hydrogens is 380 g/mol. The molecule has 0 unspecified atom stereocenters. The summed E-state index contributed by atoms with van der Waals surface area (Å²) in [6.07, 6.45) is 7.03. The van der Waals surface area contributed by atoms with Crippen molar-refractivity contribution >= 4 is 11.8 Å². The van der Waals surface area contributed by atoms with Crippen molar-refractivity contribution < 1.29 is 9.59 Å². The summed E-state index contributed by atoms with van der Waals surface area (Å²) in [6.45, 7) is 4.04. The van der Waals surface area contributed by atoms with Gasteiger partial charge in [-0.15, -0.1) is 0 Å². The molecule has 30 heavy (non-hydrogen) atoms. The molecule has 1 saturated carbocycles. The number of carbonyl (C=O) groups is 2. The summed E-state index contributed by atoms with van der Waals surface area (Å²) in [5.74, 6) is -0.352. The lowest BCUT2D eigenvalue weighted by Crippen LogP contribution is -2.50. The number of benzene rings is 1. The van der Waals surface area contributed by atoms with Gasteiger partial charge in [-0.3, -0.25) is 9.59 Å². The molecular formula is C22H28N6O2. The van der Waals surface area contributed by atoms with Crippen molar-refractivity contribution in [3.8, 4) is 11.8 Å². The maximum atomic E-state index is 12.8. The predicted octanol–water partition coefficient (Wildman–Crippen LogP) is 2.61. The normalized spacial score (nSPS) is 19.7. The van der Waals surface area contributed by atoms with E-state index in [0.717, 1.165) is 24.9 Å². The minimum Gasteiger partial charge on any atom is -0.349 e. The average molecular weight is 409 g/mol. The molecule has 0 radical (unpaired) electrons. The molecule has 1 aliphatic rings. The molecule has 2 aromatic rings. The molecule has 158 valence electrons. The largest absolute Gasteiger partial charge is 0.349 e. The van der Waals surface area contributed by atoms with E-state index in [1.807, 2.05) is 13.8 Å². The van der Waals surface area contributed by atoms with Crippen LogP contribution in [0.2, 0.25) is 0 Å². The summed E-state index contributed by atoms with van der Waals surface area (Å²) in [7, 11) is 0. The fraction of sp³-hybridized carbons (Fsp3) is 0.500. The first kappa shape index (κ1) is 21.5. The average Bonchev–Trinajstić information content (AvgIpc) is 3.28. The lowest BCUT2D eigenvalue weighted by atomic mass is 9.83. The molecule has 1 aliphatic carbocycles. The van der Waals surface area contributed by atoms with E-state index in [9.17, 15) is 14.9 Å². The summed E-state index contributed by atoms with van der Waals surface area (Å²) in [4.78, 5) is 29.5. The monoisotopic (exact) mass is 408 g/mol. The van der Waals surface area contributed by atoms with Gasteiger partial charge in [0.15, 0.2) is 0 Å². The fourth-order valence-electron chi connectivity index (χ4n) is 3.87. The quantitative estimate of drug-likeness (QED) is 0.731. The lowest BCUT2D eigenvalue weighted by molar-refractivity contribution is -0.127. The molecule has 2 N–H and O–H groups in total. The van der Waals surface area contributed by atoms with E-state index in [2.05, 4.69) is 26.8 Å². The smallest absolute Gasteiger partial charge is 0.251 e. The zero-order chi connectivity index (χ0) is 21.5. The standard InChI is InChI=1S/C22H28N6O2/c1-15(2)11-17(12-23)26-22(30)19-5-3-4-6-20(19)27-21(29)16-7-9-18(10-8-16)28-14-24-13-25-28/h7-10,13-15,17,19-20H,3-6,11H2,1-2H3,(H,26,30)(H,27,29)/t17-,19+,20-/m0/s1. The van der Waals surface area contributed by atoms with Crippen LogP contribution in [-0.2, 0) is 4.79 Å². The Morgan fingerprint density at radius 3 is 2.60 bits per heavy atom. The molecule has 8 heteroatoms. The number of hydrogen-bond acceptors (Lipinski definition) is 5. The highest BCUT2D eigenvalue weighted by Gasteiger charge is 2.33. The van der Waals surface area contributed by atoms with E-state index in [-0.39, 0.29) is 23.8 Å². The molecule has 0 saturated heterocycles. The summed E-state index contributed by atoms with van der Waals surface area (Å²) < 4.78 is 1.62. The summed E-state index contributed by atoms with van der Waals surface area (Å²) in [6, 6.07) is 8.51.